The van der Waals surface area contributed by atoms with E-state index in [9.17, 15) is 4.79 Å². The third-order valence-corrected chi connectivity index (χ3v) is 2.58. The minimum Gasteiger partial charge on any atom is -0.375 e. The first-order valence-corrected chi connectivity index (χ1v) is 5.19. The van der Waals surface area contributed by atoms with E-state index < -0.39 is 0 Å². The van der Waals surface area contributed by atoms with Gasteiger partial charge in [0.25, 0.3) is 0 Å². The maximum Gasteiger partial charge on any atom is 0.224 e. The zero-order valence-electron chi connectivity index (χ0n) is 9.25. The van der Waals surface area contributed by atoms with E-state index in [-0.39, 0.29) is 11.9 Å². The highest BCUT2D eigenvalue weighted by atomic mass is 16.5. The molecule has 1 heterocycles. The minimum absolute atomic E-state index is 0.160. The van der Waals surface area contributed by atoms with Crippen LogP contribution < -0.4 is 5.32 Å². The molecule has 1 saturated heterocycles. The summed E-state index contributed by atoms with van der Waals surface area (Å²) in [7, 11) is 1.83. The lowest BCUT2D eigenvalue weighted by Crippen LogP contribution is -2.48. The largest absolute Gasteiger partial charge is 0.375 e. The van der Waals surface area contributed by atoms with Crippen molar-refractivity contribution in [1.82, 2.24) is 10.2 Å². The molecule has 1 fully saturated rings. The van der Waals surface area contributed by atoms with Gasteiger partial charge in [0, 0.05) is 26.2 Å². The number of hydrogen-bond donors (Lipinski definition) is 1. The van der Waals surface area contributed by atoms with E-state index in [0.29, 0.717) is 19.1 Å². The normalized spacial score (nSPS) is 16.9. The third kappa shape index (κ3) is 3.27. The van der Waals surface area contributed by atoms with Gasteiger partial charge < -0.3 is 15.0 Å². The fourth-order valence-electron chi connectivity index (χ4n) is 1.16. The molecule has 0 saturated carbocycles. The Morgan fingerprint density at radius 2 is 2.21 bits per heavy atom. The highest BCUT2D eigenvalue weighted by molar-refractivity contribution is 5.76. The molecule has 14 heavy (non-hydrogen) atoms. The van der Waals surface area contributed by atoms with Crippen LogP contribution in [0, 0.1) is 0 Å². The van der Waals surface area contributed by atoms with Crippen LogP contribution in [0.15, 0.2) is 0 Å². The van der Waals surface area contributed by atoms with Gasteiger partial charge in [0.05, 0.1) is 19.1 Å². The van der Waals surface area contributed by atoms with Crippen molar-refractivity contribution in [3.05, 3.63) is 0 Å². The zero-order valence-corrected chi connectivity index (χ0v) is 9.25. The van der Waals surface area contributed by atoms with E-state index >= 15 is 0 Å². The van der Waals surface area contributed by atoms with Gasteiger partial charge in [-0.1, -0.05) is 0 Å². The quantitative estimate of drug-likeness (QED) is 0.691. The minimum atomic E-state index is 0.160. The molecule has 0 radical (unpaired) electrons. The molecule has 4 heteroatoms. The molecule has 0 bridgehead atoms. The Kier molecular flexibility index (Phi) is 4.35. The average Bonchev–Trinajstić information content (AvgIpc) is 2.07. The maximum absolute atomic E-state index is 11.5. The summed E-state index contributed by atoms with van der Waals surface area (Å²) in [5.74, 6) is 0.160. The van der Waals surface area contributed by atoms with Gasteiger partial charge in [-0.3, -0.25) is 4.79 Å². The summed E-state index contributed by atoms with van der Waals surface area (Å²) >= 11 is 0. The third-order valence-electron chi connectivity index (χ3n) is 2.58. The van der Waals surface area contributed by atoms with Crippen LogP contribution in [0.5, 0.6) is 0 Å². The summed E-state index contributed by atoms with van der Waals surface area (Å²) in [6.45, 7) is 6.41. The summed E-state index contributed by atoms with van der Waals surface area (Å²) in [5.41, 5.74) is 0. The van der Waals surface area contributed by atoms with E-state index in [0.717, 1.165) is 13.1 Å². The summed E-state index contributed by atoms with van der Waals surface area (Å²) in [5, 5.41) is 3.12. The number of rotatable bonds is 5. The van der Waals surface area contributed by atoms with Crippen molar-refractivity contribution in [2.24, 2.45) is 0 Å². The second-order valence-corrected chi connectivity index (χ2v) is 4.00. The molecule has 0 aliphatic carbocycles. The molecular formula is C10H20N2O2. The Labute approximate surface area is 85.6 Å². The van der Waals surface area contributed by atoms with Crippen LogP contribution in [0.25, 0.3) is 0 Å². The van der Waals surface area contributed by atoms with Gasteiger partial charge in [-0.15, -0.1) is 0 Å². The summed E-state index contributed by atoms with van der Waals surface area (Å²) in [6.07, 6.45) is 0.817. The van der Waals surface area contributed by atoms with Gasteiger partial charge in [0.2, 0.25) is 5.91 Å². The first-order valence-electron chi connectivity index (χ1n) is 5.19. The SMILES string of the molecule is CC(C)N(C)C(=O)CCOC1CNC1. The van der Waals surface area contributed by atoms with E-state index in [1.165, 1.54) is 0 Å². The van der Waals surface area contributed by atoms with Crippen LogP contribution in [0.2, 0.25) is 0 Å². The van der Waals surface area contributed by atoms with Crippen molar-refractivity contribution < 1.29 is 9.53 Å². The molecule has 1 aliphatic rings. The van der Waals surface area contributed by atoms with Crippen LogP contribution in [0.4, 0.5) is 0 Å². The topological polar surface area (TPSA) is 41.6 Å². The fraction of sp³-hybridized carbons (Fsp3) is 0.900. The number of nitrogens with one attached hydrogen (secondary N) is 1. The second-order valence-electron chi connectivity index (χ2n) is 4.00. The molecule has 1 aliphatic heterocycles. The molecule has 1 rings (SSSR count). The molecule has 82 valence electrons. The lowest BCUT2D eigenvalue weighted by atomic mass is 10.2. The van der Waals surface area contributed by atoms with Crippen molar-refractivity contribution in [1.29, 1.82) is 0 Å². The standard InChI is InChI=1S/C10H20N2O2/c1-8(2)12(3)10(13)4-5-14-9-6-11-7-9/h8-9,11H,4-7H2,1-3H3. The molecule has 4 nitrogen and oxygen atoms in total. The first kappa shape index (κ1) is 11.5. The summed E-state index contributed by atoms with van der Waals surface area (Å²) in [4.78, 5) is 13.3. The Balaban J connectivity index is 2.07. The van der Waals surface area contributed by atoms with E-state index in [4.69, 9.17) is 4.74 Å². The Hall–Kier alpha value is -0.610. The number of hydrogen-bond acceptors (Lipinski definition) is 3. The fourth-order valence-corrected chi connectivity index (χ4v) is 1.16. The molecule has 1 amide bonds. The first-order chi connectivity index (χ1) is 6.61. The molecule has 0 spiro atoms. The monoisotopic (exact) mass is 200 g/mol. The number of nitrogens with zero attached hydrogens (tertiary/aromatic N) is 1. The molecule has 0 unspecified atom stereocenters. The molecule has 0 aromatic rings. The number of carbonyl (C=O) groups excluding carboxylic acids is 1. The van der Waals surface area contributed by atoms with Gasteiger partial charge in [-0.05, 0) is 13.8 Å². The van der Waals surface area contributed by atoms with Crippen molar-refractivity contribution >= 4 is 5.91 Å². The predicted molar refractivity (Wildman–Crippen MR) is 55.1 cm³/mol. The van der Waals surface area contributed by atoms with Crippen LogP contribution in [-0.2, 0) is 9.53 Å². The van der Waals surface area contributed by atoms with Crippen molar-refractivity contribution in [2.75, 3.05) is 26.7 Å². The second kappa shape index (κ2) is 5.32. The molecular weight excluding hydrogens is 180 g/mol. The van der Waals surface area contributed by atoms with E-state index in [1.54, 1.807) is 4.90 Å². The maximum atomic E-state index is 11.5. The Morgan fingerprint density at radius 1 is 1.57 bits per heavy atom. The van der Waals surface area contributed by atoms with Crippen molar-refractivity contribution in [2.45, 2.75) is 32.4 Å². The highest BCUT2D eigenvalue weighted by Crippen LogP contribution is 2.02. The Morgan fingerprint density at radius 3 is 2.64 bits per heavy atom. The van der Waals surface area contributed by atoms with Crippen molar-refractivity contribution in [3.8, 4) is 0 Å². The van der Waals surface area contributed by atoms with Gasteiger partial charge in [0.15, 0.2) is 0 Å². The summed E-state index contributed by atoms with van der Waals surface area (Å²) < 4.78 is 5.47. The number of amides is 1. The molecule has 0 atom stereocenters. The zero-order chi connectivity index (χ0) is 10.6. The van der Waals surface area contributed by atoms with E-state index in [1.807, 2.05) is 20.9 Å². The van der Waals surface area contributed by atoms with Gasteiger partial charge in [-0.25, -0.2) is 0 Å². The predicted octanol–water partition coefficient (Wildman–Crippen LogP) is 0.232. The Bertz CT molecular complexity index is 191. The lowest BCUT2D eigenvalue weighted by molar-refractivity contribution is -0.133. The number of ether oxygens (including phenoxy) is 1. The molecule has 1 N–H and O–H groups in total. The average molecular weight is 200 g/mol. The van der Waals surface area contributed by atoms with E-state index in [2.05, 4.69) is 5.32 Å². The number of carbonyl (C=O) groups is 1. The van der Waals surface area contributed by atoms with Crippen LogP contribution >= 0.6 is 0 Å². The van der Waals surface area contributed by atoms with Gasteiger partial charge in [-0.2, -0.15) is 0 Å². The smallest absolute Gasteiger partial charge is 0.224 e. The molecule has 0 aromatic heterocycles. The van der Waals surface area contributed by atoms with Gasteiger partial charge in [0.1, 0.15) is 0 Å². The lowest BCUT2D eigenvalue weighted by Gasteiger charge is -2.27. The van der Waals surface area contributed by atoms with Crippen molar-refractivity contribution in [3.63, 3.8) is 0 Å². The van der Waals surface area contributed by atoms with Crippen LogP contribution in [0.1, 0.15) is 20.3 Å². The van der Waals surface area contributed by atoms with Gasteiger partial charge >= 0.3 is 0 Å². The van der Waals surface area contributed by atoms with Crippen LogP contribution in [-0.4, -0.2) is 49.7 Å². The highest BCUT2D eigenvalue weighted by Gasteiger charge is 2.18. The van der Waals surface area contributed by atoms with Crippen LogP contribution in [0.3, 0.4) is 0 Å². The molecule has 0 aromatic carbocycles. The summed E-state index contributed by atoms with van der Waals surface area (Å²) in [6, 6.07) is 0.271.